The first kappa shape index (κ1) is 22.4. The van der Waals surface area contributed by atoms with E-state index in [1.165, 1.54) is 24.3 Å². The van der Waals surface area contributed by atoms with Crippen molar-refractivity contribution in [2.24, 2.45) is 0 Å². The van der Waals surface area contributed by atoms with Crippen molar-refractivity contribution in [3.05, 3.63) is 56.3 Å². The highest BCUT2D eigenvalue weighted by atomic mass is 127. The van der Waals surface area contributed by atoms with Crippen molar-refractivity contribution in [1.82, 2.24) is 4.90 Å². The Labute approximate surface area is 191 Å². The summed E-state index contributed by atoms with van der Waals surface area (Å²) < 4.78 is 30.2. The number of hydrogen-bond donors (Lipinski definition) is 0. The predicted octanol–water partition coefficient (Wildman–Crippen LogP) is 4.95. The summed E-state index contributed by atoms with van der Waals surface area (Å²) in [4.78, 5) is 26.4. The van der Waals surface area contributed by atoms with E-state index >= 15 is 0 Å². The third kappa shape index (κ3) is 5.25. The van der Waals surface area contributed by atoms with Crippen LogP contribution in [0.4, 0.5) is 9.18 Å². The zero-order valence-electron chi connectivity index (χ0n) is 16.3. The lowest BCUT2D eigenvalue weighted by atomic mass is 10.2. The molecule has 0 saturated carbocycles. The van der Waals surface area contributed by atoms with Gasteiger partial charge >= 0.3 is 0 Å². The Morgan fingerprint density at radius 1 is 1.17 bits per heavy atom. The van der Waals surface area contributed by atoms with E-state index in [1.807, 2.05) is 13.0 Å². The molecule has 1 saturated heterocycles. The number of hydrogen-bond acceptors (Lipinski definition) is 6. The monoisotopic (exact) mass is 543 g/mol. The molecule has 0 unspecified atom stereocenters. The number of rotatable bonds is 8. The minimum atomic E-state index is -0.379. The van der Waals surface area contributed by atoms with Gasteiger partial charge in [0.1, 0.15) is 18.2 Å². The molecule has 2 aromatic carbocycles. The van der Waals surface area contributed by atoms with Crippen molar-refractivity contribution in [2.75, 3.05) is 26.9 Å². The van der Waals surface area contributed by atoms with Crippen LogP contribution >= 0.6 is 34.4 Å². The van der Waals surface area contributed by atoms with Gasteiger partial charge in [-0.05, 0) is 89.3 Å². The van der Waals surface area contributed by atoms with Crippen LogP contribution < -0.4 is 14.2 Å². The van der Waals surface area contributed by atoms with E-state index in [0.29, 0.717) is 28.8 Å². The topological polar surface area (TPSA) is 65.1 Å². The number of carbonyl (C=O) groups is 2. The predicted molar refractivity (Wildman–Crippen MR) is 121 cm³/mol. The molecule has 1 aliphatic rings. The summed E-state index contributed by atoms with van der Waals surface area (Å²) >= 11 is 3.02. The average Bonchev–Trinajstić information content (AvgIpc) is 2.98. The first-order valence-electron chi connectivity index (χ1n) is 9.07. The molecule has 0 bridgehead atoms. The van der Waals surface area contributed by atoms with Gasteiger partial charge in [-0.2, -0.15) is 0 Å². The van der Waals surface area contributed by atoms with Gasteiger partial charge in [0.05, 0.1) is 28.7 Å². The zero-order valence-corrected chi connectivity index (χ0v) is 19.3. The normalized spacial score (nSPS) is 15.1. The number of nitrogens with zero attached hydrogens (tertiary/aromatic N) is 1. The fourth-order valence-electron chi connectivity index (χ4n) is 2.74. The van der Waals surface area contributed by atoms with E-state index < -0.39 is 0 Å². The quantitative estimate of drug-likeness (QED) is 0.347. The minimum absolute atomic E-state index is 0.101. The van der Waals surface area contributed by atoms with E-state index in [-0.39, 0.29) is 30.1 Å². The van der Waals surface area contributed by atoms with E-state index in [2.05, 4.69) is 22.6 Å². The second-order valence-electron chi connectivity index (χ2n) is 6.10. The summed E-state index contributed by atoms with van der Waals surface area (Å²) in [6.07, 6.45) is 1.66. The third-order valence-electron chi connectivity index (χ3n) is 4.11. The fraction of sp³-hybridized carbons (Fsp3) is 0.238. The van der Waals surface area contributed by atoms with Gasteiger partial charge < -0.3 is 14.2 Å². The molecular weight excluding hydrogens is 524 g/mol. The van der Waals surface area contributed by atoms with Gasteiger partial charge in [0.2, 0.25) is 0 Å². The van der Waals surface area contributed by atoms with Crippen LogP contribution in [0.5, 0.6) is 17.2 Å². The number of amides is 2. The van der Waals surface area contributed by atoms with Gasteiger partial charge in [-0.1, -0.05) is 0 Å². The lowest BCUT2D eigenvalue weighted by molar-refractivity contribution is -0.123. The number of thioether (sulfide) groups is 1. The Kier molecular flexibility index (Phi) is 7.59. The Morgan fingerprint density at radius 2 is 1.90 bits per heavy atom. The molecule has 0 aliphatic carbocycles. The number of carbonyl (C=O) groups excluding carboxylic acids is 2. The standard InChI is InChI=1S/C21H19FINO5S/c1-3-28-19-16(23)10-13(11-17(19)27-2)12-18-20(25)24(21(26)30-18)8-9-29-15-6-4-14(22)5-7-15/h4-7,10-12H,3,8-9H2,1-2H3/b18-12-. The number of ether oxygens (including phenoxy) is 3. The largest absolute Gasteiger partial charge is 0.493 e. The molecule has 6 nitrogen and oxygen atoms in total. The first-order chi connectivity index (χ1) is 14.4. The summed E-state index contributed by atoms with van der Waals surface area (Å²) in [7, 11) is 1.55. The molecule has 158 valence electrons. The Hall–Kier alpha value is -2.27. The second-order valence-corrected chi connectivity index (χ2v) is 8.26. The summed E-state index contributed by atoms with van der Waals surface area (Å²) in [6.45, 7) is 2.61. The highest BCUT2D eigenvalue weighted by molar-refractivity contribution is 14.1. The molecule has 9 heteroatoms. The van der Waals surface area contributed by atoms with Crippen LogP contribution in [0.2, 0.25) is 0 Å². The molecule has 0 N–H and O–H groups in total. The number of methoxy groups -OCH3 is 1. The van der Waals surface area contributed by atoms with Gasteiger partial charge in [-0.25, -0.2) is 4.39 Å². The van der Waals surface area contributed by atoms with Crippen LogP contribution in [-0.2, 0) is 4.79 Å². The summed E-state index contributed by atoms with van der Waals surface area (Å²) in [5, 5.41) is -0.360. The third-order valence-corrected chi connectivity index (χ3v) is 5.82. The fourth-order valence-corrected chi connectivity index (χ4v) is 4.38. The van der Waals surface area contributed by atoms with Crippen LogP contribution in [0.3, 0.4) is 0 Å². The van der Waals surface area contributed by atoms with Gasteiger partial charge in [-0.3, -0.25) is 14.5 Å². The number of imide groups is 1. The van der Waals surface area contributed by atoms with Crippen LogP contribution in [0, 0.1) is 9.39 Å². The number of halogens is 2. The van der Waals surface area contributed by atoms with E-state index in [0.717, 1.165) is 25.8 Å². The molecule has 0 radical (unpaired) electrons. The van der Waals surface area contributed by atoms with E-state index in [1.54, 1.807) is 19.3 Å². The zero-order chi connectivity index (χ0) is 21.7. The highest BCUT2D eigenvalue weighted by Crippen LogP contribution is 2.37. The van der Waals surface area contributed by atoms with Gasteiger partial charge in [0, 0.05) is 0 Å². The van der Waals surface area contributed by atoms with Crippen molar-refractivity contribution in [2.45, 2.75) is 6.92 Å². The van der Waals surface area contributed by atoms with Gasteiger partial charge in [-0.15, -0.1) is 0 Å². The molecule has 0 atom stereocenters. The van der Waals surface area contributed by atoms with Crippen molar-refractivity contribution < 1.29 is 28.2 Å². The molecule has 30 heavy (non-hydrogen) atoms. The Balaban J connectivity index is 1.70. The smallest absolute Gasteiger partial charge is 0.293 e. The van der Waals surface area contributed by atoms with Gasteiger partial charge in [0.25, 0.3) is 11.1 Å². The molecule has 1 aliphatic heterocycles. The molecule has 3 rings (SSSR count). The van der Waals surface area contributed by atoms with Crippen LogP contribution in [-0.4, -0.2) is 42.9 Å². The maximum absolute atomic E-state index is 12.9. The van der Waals surface area contributed by atoms with Crippen molar-refractivity contribution in [1.29, 1.82) is 0 Å². The molecular formula is C21H19FINO5S. The maximum atomic E-state index is 12.9. The molecule has 1 heterocycles. The number of benzene rings is 2. The van der Waals surface area contributed by atoms with Crippen molar-refractivity contribution in [3.8, 4) is 17.2 Å². The summed E-state index contributed by atoms with van der Waals surface area (Å²) in [5.74, 6) is 0.926. The van der Waals surface area contributed by atoms with Crippen molar-refractivity contribution in [3.63, 3.8) is 0 Å². The van der Waals surface area contributed by atoms with Crippen LogP contribution in [0.1, 0.15) is 12.5 Å². The van der Waals surface area contributed by atoms with Crippen molar-refractivity contribution >= 4 is 51.6 Å². The molecule has 2 aromatic rings. The SMILES string of the molecule is CCOc1c(I)cc(/C=C2\SC(=O)N(CCOc3ccc(F)cc3)C2=O)cc1OC. The lowest BCUT2D eigenvalue weighted by Gasteiger charge is -2.13. The van der Waals surface area contributed by atoms with Crippen LogP contribution in [0.15, 0.2) is 41.3 Å². The first-order valence-corrected chi connectivity index (χ1v) is 11.0. The summed E-state index contributed by atoms with van der Waals surface area (Å²) in [5.41, 5.74) is 0.729. The molecule has 2 amide bonds. The van der Waals surface area contributed by atoms with Gasteiger partial charge in [0.15, 0.2) is 11.5 Å². The molecule has 0 spiro atoms. The maximum Gasteiger partial charge on any atom is 0.293 e. The summed E-state index contributed by atoms with van der Waals surface area (Å²) in [6, 6.07) is 9.17. The Bertz CT molecular complexity index is 980. The second kappa shape index (κ2) is 10.2. The Morgan fingerprint density at radius 3 is 2.57 bits per heavy atom. The van der Waals surface area contributed by atoms with Crippen LogP contribution in [0.25, 0.3) is 6.08 Å². The molecule has 0 aromatic heterocycles. The lowest BCUT2D eigenvalue weighted by Crippen LogP contribution is -2.32. The molecule has 1 fully saturated rings. The average molecular weight is 543 g/mol. The highest BCUT2D eigenvalue weighted by Gasteiger charge is 2.34. The van der Waals surface area contributed by atoms with E-state index in [4.69, 9.17) is 14.2 Å². The minimum Gasteiger partial charge on any atom is -0.493 e. The van der Waals surface area contributed by atoms with E-state index in [9.17, 15) is 14.0 Å².